The molecule has 0 amide bonds. The van der Waals surface area contributed by atoms with Crippen LogP contribution in [0.25, 0.3) is 16.0 Å². The molecule has 5 nitrogen and oxygen atoms in total. The van der Waals surface area contributed by atoms with Gasteiger partial charge in [0, 0.05) is 6.20 Å². The zero-order chi connectivity index (χ0) is 13.8. The number of hydrogen-bond donors (Lipinski definition) is 0. The summed E-state index contributed by atoms with van der Waals surface area (Å²) in [5, 5.41) is 18.2. The second kappa shape index (κ2) is 36.0. The third-order valence-corrected chi connectivity index (χ3v) is 1.32. The minimum atomic E-state index is 0. The molecule has 1 heterocycles. The van der Waals surface area contributed by atoms with E-state index in [0.29, 0.717) is 0 Å². The average molecular weight is 289 g/mol. The predicted molar refractivity (Wildman–Crippen MR) is 77.0 cm³/mol. The molecule has 0 N–H and O–H groups in total. The van der Waals surface area contributed by atoms with Gasteiger partial charge in [-0.3, -0.25) is 0 Å². The zero-order valence-corrected chi connectivity index (χ0v) is 14.2. The first kappa shape index (κ1) is 26.4. The fraction of sp³-hybridized carbons (Fsp3) is 0.750. The molecule has 1 rings (SSSR count). The second-order valence-corrected chi connectivity index (χ2v) is 2.62. The van der Waals surface area contributed by atoms with Crippen molar-refractivity contribution in [2.75, 3.05) is 40.8 Å². The van der Waals surface area contributed by atoms with E-state index in [2.05, 4.69) is 26.1 Å². The average Bonchev–Trinajstić information content (AvgIpc) is 2.98. The van der Waals surface area contributed by atoms with E-state index in [1.165, 1.54) is 0 Å². The Morgan fingerprint density at radius 3 is 1.28 bits per heavy atom. The minimum Gasteiger partial charge on any atom is -0.665 e. The molecule has 18 heavy (non-hydrogen) atoms. The third kappa shape index (κ3) is 56.9. The van der Waals surface area contributed by atoms with Gasteiger partial charge < -0.3 is 26.1 Å². The van der Waals surface area contributed by atoms with Crippen molar-refractivity contribution in [3.63, 3.8) is 0 Å². The Bertz CT molecular complexity index is 127. The van der Waals surface area contributed by atoms with Crippen molar-refractivity contribution in [2.24, 2.45) is 0 Å². The predicted octanol–water partition coefficient (Wildman–Crippen LogP) is 3.07. The summed E-state index contributed by atoms with van der Waals surface area (Å²) >= 11 is 0. The molecule has 0 saturated heterocycles. The van der Waals surface area contributed by atoms with E-state index in [1.807, 2.05) is 20.8 Å². The van der Waals surface area contributed by atoms with Crippen molar-refractivity contribution >= 4 is 0 Å². The molecule has 0 aliphatic carbocycles. The largest absolute Gasteiger partial charge is 4.00 e. The van der Waals surface area contributed by atoms with Crippen LogP contribution in [0.5, 0.6) is 0 Å². The summed E-state index contributed by atoms with van der Waals surface area (Å²) in [5.41, 5.74) is 0. The van der Waals surface area contributed by atoms with Gasteiger partial charge in [-0.05, 0) is 0 Å². The molecule has 0 fully saturated rings. The Hall–Kier alpha value is -0.196. The fourth-order valence-electron chi connectivity index (χ4n) is 0.192. The Balaban J connectivity index is -0.0000000719. The van der Waals surface area contributed by atoms with Gasteiger partial charge in [0.1, 0.15) is 0 Å². The van der Waals surface area contributed by atoms with Crippen LogP contribution in [0.3, 0.4) is 0 Å². The van der Waals surface area contributed by atoms with E-state index < -0.39 is 0 Å². The van der Waals surface area contributed by atoms with Gasteiger partial charge in [-0.2, -0.15) is 47.0 Å². The molecule has 1 aromatic heterocycles. The van der Waals surface area contributed by atoms with Crippen LogP contribution in [0.4, 0.5) is 0 Å². The first-order valence-corrected chi connectivity index (χ1v) is 5.79. The first-order valence-electron chi connectivity index (χ1n) is 5.79. The van der Waals surface area contributed by atoms with Gasteiger partial charge in [0.05, 0.1) is 0 Å². The maximum absolute atomic E-state index is 3.74. The Labute approximate surface area is 128 Å². The number of nitrogens with zero attached hydrogens (tertiary/aromatic N) is 5. The molecule has 0 saturated carbocycles. The normalized spacial score (nSPS) is 7.22. The zero-order valence-electron chi connectivity index (χ0n) is 12.6. The molecule has 104 valence electrons. The SMILES string of the molecule is CC[N-]C.CC[N-]C.CC[N-]C.[Ti+4].c1cn[n-]c1. The molecule has 0 unspecified atom stereocenters. The first-order chi connectivity index (χ1) is 8.24. The van der Waals surface area contributed by atoms with Gasteiger partial charge in [-0.15, -0.1) is 0 Å². The summed E-state index contributed by atoms with van der Waals surface area (Å²) in [6, 6.07) is 1.78. The summed E-state index contributed by atoms with van der Waals surface area (Å²) in [7, 11) is 5.42. The molecular formula is C12H27N5Ti. The molecule has 0 atom stereocenters. The van der Waals surface area contributed by atoms with E-state index in [-0.39, 0.29) is 21.7 Å². The van der Waals surface area contributed by atoms with Gasteiger partial charge in [0.25, 0.3) is 0 Å². The summed E-state index contributed by atoms with van der Waals surface area (Å²) in [6.45, 7) is 8.88. The van der Waals surface area contributed by atoms with Crippen LogP contribution >= 0.6 is 0 Å². The van der Waals surface area contributed by atoms with Gasteiger partial charge in [0.2, 0.25) is 0 Å². The number of hydrogen-bond acceptors (Lipinski definition) is 1. The maximum atomic E-state index is 3.74. The van der Waals surface area contributed by atoms with Crippen molar-refractivity contribution < 1.29 is 21.7 Å². The second-order valence-electron chi connectivity index (χ2n) is 2.62. The van der Waals surface area contributed by atoms with Crippen LogP contribution in [0.1, 0.15) is 20.8 Å². The van der Waals surface area contributed by atoms with Crippen molar-refractivity contribution in [2.45, 2.75) is 20.8 Å². The van der Waals surface area contributed by atoms with Crippen LogP contribution in [0, 0.1) is 0 Å². The van der Waals surface area contributed by atoms with E-state index in [9.17, 15) is 0 Å². The minimum absolute atomic E-state index is 0. The van der Waals surface area contributed by atoms with Gasteiger partial charge in [-0.25, -0.2) is 0 Å². The molecule has 0 radical (unpaired) electrons. The van der Waals surface area contributed by atoms with E-state index in [0.717, 1.165) is 19.6 Å². The number of aromatic nitrogens is 2. The topological polar surface area (TPSA) is 69.3 Å². The van der Waals surface area contributed by atoms with Crippen molar-refractivity contribution in [1.82, 2.24) is 10.2 Å². The Kier molecular flexibility index (Phi) is 52.7. The molecule has 1 aromatic rings. The van der Waals surface area contributed by atoms with Gasteiger partial charge in [-0.1, -0.05) is 26.8 Å². The van der Waals surface area contributed by atoms with Crippen LogP contribution < -0.4 is 5.10 Å². The summed E-state index contributed by atoms with van der Waals surface area (Å²) in [5.74, 6) is 0. The monoisotopic (exact) mass is 289 g/mol. The van der Waals surface area contributed by atoms with Crippen molar-refractivity contribution in [3.05, 3.63) is 34.4 Å². The van der Waals surface area contributed by atoms with E-state index in [1.54, 1.807) is 39.6 Å². The molecule has 6 heteroatoms. The molecule has 0 aliphatic rings. The maximum Gasteiger partial charge on any atom is 4.00 e. The molecule has 0 aliphatic heterocycles. The van der Waals surface area contributed by atoms with Crippen LogP contribution in [0.2, 0.25) is 0 Å². The van der Waals surface area contributed by atoms with Crippen molar-refractivity contribution in [1.29, 1.82) is 0 Å². The van der Waals surface area contributed by atoms with E-state index in [4.69, 9.17) is 0 Å². The standard InChI is InChI=1S/C3H3N2.3C3H8N.Ti/c1-2-4-5-3-1;3*1-3-4-2;/h1-3H;3*3H2,1-2H3;/q4*-1;+4. The van der Waals surface area contributed by atoms with Gasteiger partial charge >= 0.3 is 21.7 Å². The van der Waals surface area contributed by atoms with Crippen molar-refractivity contribution in [3.8, 4) is 0 Å². The van der Waals surface area contributed by atoms with Crippen LogP contribution in [-0.4, -0.2) is 45.9 Å². The summed E-state index contributed by atoms with van der Waals surface area (Å²) in [6.07, 6.45) is 3.28. The Morgan fingerprint density at radius 2 is 1.22 bits per heavy atom. The third-order valence-electron chi connectivity index (χ3n) is 1.32. The fourth-order valence-corrected chi connectivity index (χ4v) is 0.192. The Morgan fingerprint density at radius 1 is 0.889 bits per heavy atom. The van der Waals surface area contributed by atoms with E-state index >= 15 is 0 Å². The smallest absolute Gasteiger partial charge is 0.665 e. The molecule has 0 bridgehead atoms. The van der Waals surface area contributed by atoms with Crippen LogP contribution in [-0.2, 0) is 21.7 Å². The van der Waals surface area contributed by atoms with Gasteiger partial charge in [0.15, 0.2) is 0 Å². The quantitative estimate of drug-likeness (QED) is 0.802. The molecule has 0 spiro atoms. The summed E-state index contributed by atoms with van der Waals surface area (Å²) < 4.78 is 0. The number of rotatable bonds is 3. The molecule has 0 aromatic carbocycles. The summed E-state index contributed by atoms with van der Waals surface area (Å²) in [4.78, 5) is 0. The molecular weight excluding hydrogens is 262 g/mol. The van der Waals surface area contributed by atoms with Crippen LogP contribution in [0.15, 0.2) is 18.5 Å².